The molecule has 6 nitrogen and oxygen atoms in total. The number of benzene rings is 2. The van der Waals surface area contributed by atoms with E-state index >= 15 is 0 Å². The molecular weight excluding hydrogens is 332 g/mol. The van der Waals surface area contributed by atoms with E-state index in [1.807, 2.05) is 0 Å². The summed E-state index contributed by atoms with van der Waals surface area (Å²) in [6.45, 7) is 3.07. The molecular formula is C17H16O6S. The van der Waals surface area contributed by atoms with Gasteiger partial charge in [-0.2, -0.15) is 8.42 Å². The lowest BCUT2D eigenvalue weighted by atomic mass is 10.1. The van der Waals surface area contributed by atoms with E-state index in [9.17, 15) is 18.0 Å². The van der Waals surface area contributed by atoms with Crippen LogP contribution in [0.1, 0.15) is 33.2 Å². The molecule has 2 aromatic carbocycles. The van der Waals surface area contributed by atoms with Crippen molar-refractivity contribution in [1.29, 1.82) is 0 Å². The highest BCUT2D eigenvalue weighted by Crippen LogP contribution is 2.25. The molecule has 0 aliphatic rings. The van der Waals surface area contributed by atoms with Crippen LogP contribution in [-0.4, -0.2) is 27.3 Å². The lowest BCUT2D eigenvalue weighted by Crippen LogP contribution is -2.13. The molecule has 7 heteroatoms. The maximum Gasteiger partial charge on any atom is 0.339 e. The third kappa shape index (κ3) is 3.80. The van der Waals surface area contributed by atoms with Crippen molar-refractivity contribution in [3.8, 4) is 5.75 Å². The number of ketones is 1. The van der Waals surface area contributed by atoms with Crippen molar-refractivity contribution in [2.24, 2.45) is 0 Å². The molecule has 0 aliphatic carbocycles. The van der Waals surface area contributed by atoms with Gasteiger partial charge in [-0.05, 0) is 49.7 Å². The highest BCUT2D eigenvalue weighted by Gasteiger charge is 2.21. The van der Waals surface area contributed by atoms with E-state index in [0.29, 0.717) is 0 Å². The van der Waals surface area contributed by atoms with Crippen molar-refractivity contribution in [2.45, 2.75) is 18.7 Å². The molecule has 0 amide bonds. The monoisotopic (exact) mass is 348 g/mol. The zero-order valence-corrected chi connectivity index (χ0v) is 14.2. The molecule has 126 valence electrons. The van der Waals surface area contributed by atoms with Gasteiger partial charge < -0.3 is 8.92 Å². The number of carbonyl (C=O) groups is 2. The van der Waals surface area contributed by atoms with Crippen molar-refractivity contribution in [3.05, 3.63) is 59.2 Å². The van der Waals surface area contributed by atoms with Crippen LogP contribution in [0.4, 0.5) is 0 Å². The summed E-state index contributed by atoms with van der Waals surface area (Å²) in [5.41, 5.74) is 0.986. The molecule has 0 aromatic heterocycles. The van der Waals surface area contributed by atoms with Gasteiger partial charge in [-0.3, -0.25) is 4.79 Å². The predicted octanol–water partition coefficient (Wildman–Crippen LogP) is 2.75. The molecule has 0 unspecified atom stereocenters. The smallest absolute Gasteiger partial charge is 0.339 e. The average Bonchev–Trinajstić information content (AvgIpc) is 2.53. The van der Waals surface area contributed by atoms with Crippen LogP contribution in [-0.2, 0) is 14.9 Å². The molecule has 2 aromatic rings. The molecule has 0 aliphatic heterocycles. The van der Waals surface area contributed by atoms with Crippen LogP contribution < -0.4 is 4.18 Å². The fourth-order valence-corrected chi connectivity index (χ4v) is 3.04. The fraction of sp³-hybridized carbons (Fsp3) is 0.176. The number of hydrogen-bond donors (Lipinski definition) is 0. The van der Waals surface area contributed by atoms with Crippen molar-refractivity contribution >= 4 is 21.9 Å². The first-order valence-electron chi connectivity index (χ1n) is 6.99. The van der Waals surface area contributed by atoms with Gasteiger partial charge in [0.2, 0.25) is 0 Å². The largest absolute Gasteiger partial charge is 0.465 e. The summed E-state index contributed by atoms with van der Waals surface area (Å²) in [5, 5.41) is 0. The molecule has 2 rings (SSSR count). The van der Waals surface area contributed by atoms with Gasteiger partial charge in [-0.1, -0.05) is 12.1 Å². The third-order valence-electron chi connectivity index (χ3n) is 3.26. The third-order valence-corrected chi connectivity index (χ3v) is 4.49. The number of rotatable bonds is 5. The number of aryl methyl sites for hydroxylation is 1. The second kappa shape index (κ2) is 6.84. The van der Waals surface area contributed by atoms with Crippen molar-refractivity contribution in [2.75, 3.05) is 7.11 Å². The van der Waals surface area contributed by atoms with Gasteiger partial charge in [0.05, 0.1) is 18.2 Å². The minimum Gasteiger partial charge on any atom is -0.465 e. The Hall–Kier alpha value is -2.67. The highest BCUT2D eigenvalue weighted by atomic mass is 32.2. The Morgan fingerprint density at radius 1 is 1.04 bits per heavy atom. The molecule has 0 saturated carbocycles. The van der Waals surface area contributed by atoms with Gasteiger partial charge in [0.1, 0.15) is 4.90 Å². The Kier molecular flexibility index (Phi) is 5.04. The summed E-state index contributed by atoms with van der Waals surface area (Å²) in [7, 11) is -3.01. The van der Waals surface area contributed by atoms with Gasteiger partial charge in [-0.25, -0.2) is 4.79 Å². The van der Waals surface area contributed by atoms with E-state index < -0.39 is 16.1 Å². The van der Waals surface area contributed by atoms with Crippen LogP contribution in [0.15, 0.2) is 47.4 Å². The number of carbonyl (C=O) groups excluding carboxylic acids is 2. The van der Waals surface area contributed by atoms with E-state index in [0.717, 1.165) is 11.6 Å². The summed E-state index contributed by atoms with van der Waals surface area (Å²) in [4.78, 5) is 23.0. The summed E-state index contributed by atoms with van der Waals surface area (Å²) in [6, 6.07) is 9.96. The number of hydrogen-bond acceptors (Lipinski definition) is 6. The first-order valence-corrected chi connectivity index (χ1v) is 8.40. The van der Waals surface area contributed by atoms with E-state index in [2.05, 4.69) is 4.74 Å². The predicted molar refractivity (Wildman–Crippen MR) is 86.8 cm³/mol. The molecule has 0 fully saturated rings. The normalized spacial score (nSPS) is 11.0. The first-order chi connectivity index (χ1) is 11.2. The van der Waals surface area contributed by atoms with Crippen LogP contribution in [0.3, 0.4) is 0 Å². The topological polar surface area (TPSA) is 86.7 Å². The number of ether oxygens (including phenoxy) is 1. The average molecular weight is 348 g/mol. The highest BCUT2D eigenvalue weighted by molar-refractivity contribution is 7.87. The van der Waals surface area contributed by atoms with E-state index in [4.69, 9.17) is 4.18 Å². The van der Waals surface area contributed by atoms with E-state index in [-0.39, 0.29) is 27.6 Å². The van der Waals surface area contributed by atoms with Gasteiger partial charge in [-0.15, -0.1) is 0 Å². The van der Waals surface area contributed by atoms with Crippen LogP contribution in [0.25, 0.3) is 0 Å². The molecule has 0 bridgehead atoms. The Balaban J connectivity index is 2.45. The SMILES string of the molecule is COC(=O)c1cccc(S(=O)(=O)Oc2cc(C)ccc2C(C)=O)c1. The van der Waals surface area contributed by atoms with Gasteiger partial charge in [0.25, 0.3) is 0 Å². The lowest BCUT2D eigenvalue weighted by Gasteiger charge is -2.11. The number of methoxy groups -OCH3 is 1. The Bertz CT molecular complexity index is 899. The Morgan fingerprint density at radius 2 is 1.75 bits per heavy atom. The van der Waals surface area contributed by atoms with Gasteiger partial charge in [0, 0.05) is 0 Å². The lowest BCUT2D eigenvalue weighted by molar-refractivity contribution is 0.0600. The fourth-order valence-electron chi connectivity index (χ4n) is 2.05. The molecule has 24 heavy (non-hydrogen) atoms. The minimum absolute atomic E-state index is 0.0500. The van der Waals surface area contributed by atoms with Gasteiger partial charge >= 0.3 is 16.1 Å². The molecule has 0 spiro atoms. The summed E-state index contributed by atoms with van der Waals surface area (Å²) in [6.07, 6.45) is 0. The zero-order valence-electron chi connectivity index (χ0n) is 13.4. The van der Waals surface area contributed by atoms with E-state index in [1.54, 1.807) is 13.0 Å². The van der Waals surface area contributed by atoms with Gasteiger partial charge in [0.15, 0.2) is 11.5 Å². The standard InChI is InChI=1S/C17H16O6S/c1-11-7-8-15(12(2)18)16(9-11)23-24(20,21)14-6-4-5-13(10-14)17(19)22-3/h4-10H,1-3H3. The molecule has 0 radical (unpaired) electrons. The molecule has 0 saturated heterocycles. The number of esters is 1. The van der Waals surface area contributed by atoms with Crippen LogP contribution in [0, 0.1) is 6.92 Å². The maximum atomic E-state index is 12.5. The van der Waals surface area contributed by atoms with Crippen LogP contribution in [0.2, 0.25) is 0 Å². The second-order valence-corrected chi connectivity index (χ2v) is 6.66. The number of Topliss-reactive ketones (excluding diaryl/α,β-unsaturated/α-hetero) is 1. The minimum atomic E-state index is -4.21. The zero-order chi connectivity index (χ0) is 17.9. The van der Waals surface area contributed by atoms with Crippen molar-refractivity contribution < 1.29 is 26.9 Å². The van der Waals surface area contributed by atoms with Crippen LogP contribution >= 0.6 is 0 Å². The van der Waals surface area contributed by atoms with Crippen LogP contribution in [0.5, 0.6) is 5.75 Å². The summed E-state index contributed by atoms with van der Waals surface area (Å²) in [5.74, 6) is -1.03. The van der Waals surface area contributed by atoms with E-state index in [1.165, 1.54) is 44.4 Å². The first kappa shape index (κ1) is 17.7. The molecule has 0 heterocycles. The quantitative estimate of drug-likeness (QED) is 0.469. The second-order valence-electron chi connectivity index (χ2n) is 5.11. The maximum absolute atomic E-state index is 12.5. The summed E-state index contributed by atoms with van der Waals surface area (Å²) >= 11 is 0. The summed E-state index contributed by atoms with van der Waals surface area (Å²) < 4.78 is 34.6. The Labute approximate surface area is 140 Å². The van der Waals surface area contributed by atoms with Crippen molar-refractivity contribution in [1.82, 2.24) is 0 Å². The molecule has 0 atom stereocenters. The van der Waals surface area contributed by atoms with Crippen molar-refractivity contribution in [3.63, 3.8) is 0 Å². The molecule has 0 N–H and O–H groups in total. The Morgan fingerprint density at radius 3 is 2.38 bits per heavy atom.